The average molecular weight is 366 g/mol. The number of hydrogen-bond acceptors (Lipinski definition) is 4. The lowest BCUT2D eigenvalue weighted by atomic mass is 10.2. The van der Waals surface area contributed by atoms with Crippen molar-refractivity contribution in [3.8, 4) is 5.75 Å². The number of ether oxygens (including phenoxy) is 2. The van der Waals surface area contributed by atoms with Gasteiger partial charge in [-0.1, -0.05) is 18.2 Å². The van der Waals surface area contributed by atoms with Crippen molar-refractivity contribution < 1.29 is 9.47 Å². The van der Waals surface area contributed by atoms with Crippen LogP contribution in [0, 0.1) is 0 Å². The van der Waals surface area contributed by atoms with Crippen molar-refractivity contribution in [1.82, 2.24) is 15.1 Å². The van der Waals surface area contributed by atoms with Crippen molar-refractivity contribution in [2.45, 2.75) is 26.8 Å². The lowest BCUT2D eigenvalue weighted by Crippen LogP contribution is -2.42. The van der Waals surface area contributed by atoms with E-state index in [4.69, 9.17) is 21.7 Å². The monoisotopic (exact) mass is 365 g/mol. The largest absolute Gasteiger partial charge is 0.494 e. The second kappa shape index (κ2) is 11.3. The maximum atomic E-state index is 5.76. The van der Waals surface area contributed by atoms with Crippen LogP contribution in [0.1, 0.15) is 25.8 Å². The van der Waals surface area contributed by atoms with E-state index < -0.39 is 0 Å². The maximum absolute atomic E-state index is 5.76. The molecule has 1 aliphatic heterocycles. The number of rotatable bonds is 9. The van der Waals surface area contributed by atoms with Gasteiger partial charge in [0.2, 0.25) is 0 Å². The van der Waals surface area contributed by atoms with Crippen LogP contribution in [0.2, 0.25) is 0 Å². The third-order valence-electron chi connectivity index (χ3n) is 4.25. The Hall–Kier alpha value is -1.37. The molecule has 1 aromatic rings. The number of thiocarbonyl (C=S) groups is 1. The molecule has 6 heteroatoms. The van der Waals surface area contributed by atoms with Gasteiger partial charge in [0.25, 0.3) is 0 Å². The Bertz CT molecular complexity index is 521. The summed E-state index contributed by atoms with van der Waals surface area (Å²) in [6, 6.07) is 8.22. The third kappa shape index (κ3) is 6.80. The van der Waals surface area contributed by atoms with Gasteiger partial charge < -0.3 is 19.7 Å². The molecule has 1 saturated heterocycles. The number of benzene rings is 1. The van der Waals surface area contributed by atoms with Gasteiger partial charge in [0.05, 0.1) is 19.8 Å². The van der Waals surface area contributed by atoms with Gasteiger partial charge in [-0.25, -0.2) is 0 Å². The lowest BCUT2D eigenvalue weighted by Gasteiger charge is -2.30. The molecule has 0 amide bonds. The molecule has 0 atom stereocenters. The summed E-state index contributed by atoms with van der Waals surface area (Å²) < 4.78 is 11.2. The van der Waals surface area contributed by atoms with Crippen LogP contribution in [0.4, 0.5) is 0 Å². The van der Waals surface area contributed by atoms with Crippen LogP contribution in [0.5, 0.6) is 5.75 Å². The van der Waals surface area contributed by atoms with Gasteiger partial charge in [0.15, 0.2) is 5.11 Å². The van der Waals surface area contributed by atoms with Crippen LogP contribution in [0.3, 0.4) is 0 Å². The van der Waals surface area contributed by atoms with Gasteiger partial charge in [-0.2, -0.15) is 0 Å². The molecule has 0 spiro atoms. The fourth-order valence-corrected chi connectivity index (χ4v) is 3.26. The average Bonchev–Trinajstić information content (AvgIpc) is 2.63. The minimum atomic E-state index is 0.672. The molecule has 0 saturated carbocycles. The molecule has 140 valence electrons. The summed E-state index contributed by atoms with van der Waals surface area (Å²) in [4.78, 5) is 4.71. The normalized spacial score (nSPS) is 15.0. The highest BCUT2D eigenvalue weighted by Crippen LogP contribution is 2.20. The summed E-state index contributed by atoms with van der Waals surface area (Å²) in [6.07, 6.45) is 1.09. The predicted molar refractivity (Wildman–Crippen MR) is 106 cm³/mol. The number of hydrogen-bond donors (Lipinski definition) is 1. The first-order valence-electron chi connectivity index (χ1n) is 9.28. The van der Waals surface area contributed by atoms with Crippen molar-refractivity contribution in [1.29, 1.82) is 0 Å². The van der Waals surface area contributed by atoms with Crippen LogP contribution < -0.4 is 10.1 Å². The van der Waals surface area contributed by atoms with Gasteiger partial charge in [-0.15, -0.1) is 0 Å². The van der Waals surface area contributed by atoms with Crippen molar-refractivity contribution in [2.75, 3.05) is 52.5 Å². The van der Waals surface area contributed by atoms with Crippen molar-refractivity contribution in [3.63, 3.8) is 0 Å². The quantitative estimate of drug-likeness (QED) is 0.678. The molecule has 0 aromatic heterocycles. The number of nitrogens with one attached hydrogen (secondary N) is 1. The Morgan fingerprint density at radius 3 is 2.76 bits per heavy atom. The van der Waals surface area contributed by atoms with E-state index in [9.17, 15) is 0 Å². The Morgan fingerprint density at radius 2 is 2.04 bits per heavy atom. The number of para-hydroxylation sites is 1. The summed E-state index contributed by atoms with van der Waals surface area (Å²) in [5.74, 6) is 0.947. The molecule has 1 aliphatic rings. The fraction of sp³-hybridized carbons (Fsp3) is 0.632. The molecular weight excluding hydrogens is 334 g/mol. The summed E-state index contributed by atoms with van der Waals surface area (Å²) in [7, 11) is 0. The first-order valence-corrected chi connectivity index (χ1v) is 9.69. The topological polar surface area (TPSA) is 37.0 Å². The summed E-state index contributed by atoms with van der Waals surface area (Å²) >= 11 is 5.59. The summed E-state index contributed by atoms with van der Waals surface area (Å²) in [5.41, 5.74) is 1.18. The molecule has 0 aliphatic carbocycles. The van der Waals surface area contributed by atoms with E-state index in [-0.39, 0.29) is 0 Å². The highest BCUT2D eigenvalue weighted by molar-refractivity contribution is 7.80. The molecule has 1 aromatic carbocycles. The molecule has 0 unspecified atom stereocenters. The standard InChI is InChI=1S/C19H31N3O2S/c1-3-20-19(25)22(11-7-10-21-12-14-23-15-13-21)16-17-8-5-6-9-18(17)24-4-2/h5-6,8-9H,3-4,7,10-16H2,1-2H3,(H,20,25). The van der Waals surface area contributed by atoms with Gasteiger partial charge in [-0.3, -0.25) is 4.90 Å². The van der Waals surface area contributed by atoms with Crippen molar-refractivity contribution in [3.05, 3.63) is 29.8 Å². The third-order valence-corrected chi connectivity index (χ3v) is 4.66. The molecular formula is C19H31N3O2S. The Morgan fingerprint density at radius 1 is 1.28 bits per heavy atom. The molecule has 1 fully saturated rings. The molecule has 0 radical (unpaired) electrons. The Kier molecular flexibility index (Phi) is 9.00. The molecule has 25 heavy (non-hydrogen) atoms. The maximum Gasteiger partial charge on any atom is 0.169 e. The zero-order chi connectivity index (χ0) is 17.9. The SMILES string of the molecule is CCNC(=S)N(CCCN1CCOCC1)Cc1ccccc1OCC. The molecule has 5 nitrogen and oxygen atoms in total. The van der Waals surface area contributed by atoms with Gasteiger partial charge in [0.1, 0.15) is 5.75 Å². The second-order valence-corrected chi connectivity index (χ2v) is 6.49. The van der Waals surface area contributed by atoms with Gasteiger partial charge in [-0.05, 0) is 38.6 Å². The van der Waals surface area contributed by atoms with E-state index >= 15 is 0 Å². The first kappa shape index (κ1) is 19.9. The zero-order valence-corrected chi connectivity index (χ0v) is 16.3. The highest BCUT2D eigenvalue weighted by atomic mass is 32.1. The summed E-state index contributed by atoms with van der Waals surface area (Å²) in [5, 5.41) is 4.10. The lowest BCUT2D eigenvalue weighted by molar-refractivity contribution is 0.0367. The van der Waals surface area contributed by atoms with Crippen LogP contribution >= 0.6 is 12.2 Å². The van der Waals surface area contributed by atoms with E-state index in [2.05, 4.69) is 34.2 Å². The minimum absolute atomic E-state index is 0.672. The van der Waals surface area contributed by atoms with E-state index in [0.717, 1.165) is 69.8 Å². The Labute approximate surface area is 157 Å². The predicted octanol–water partition coefficient (Wildman–Crippen LogP) is 2.50. The van der Waals surface area contributed by atoms with Crippen LogP contribution in [-0.4, -0.2) is 67.5 Å². The van der Waals surface area contributed by atoms with Crippen molar-refractivity contribution in [2.24, 2.45) is 0 Å². The molecule has 2 rings (SSSR count). The highest BCUT2D eigenvalue weighted by Gasteiger charge is 2.14. The molecule has 1 N–H and O–H groups in total. The van der Waals surface area contributed by atoms with Crippen LogP contribution in [-0.2, 0) is 11.3 Å². The van der Waals surface area contributed by atoms with Crippen LogP contribution in [0.15, 0.2) is 24.3 Å². The van der Waals surface area contributed by atoms with Crippen LogP contribution in [0.25, 0.3) is 0 Å². The number of morpholine rings is 1. The van der Waals surface area contributed by atoms with Crippen molar-refractivity contribution >= 4 is 17.3 Å². The van der Waals surface area contributed by atoms with E-state index in [1.54, 1.807) is 0 Å². The molecule has 0 bridgehead atoms. The van der Waals surface area contributed by atoms with E-state index in [1.807, 2.05) is 19.1 Å². The second-order valence-electron chi connectivity index (χ2n) is 6.11. The summed E-state index contributed by atoms with van der Waals surface area (Å²) in [6.45, 7) is 12.2. The smallest absolute Gasteiger partial charge is 0.169 e. The Balaban J connectivity index is 1.94. The van der Waals surface area contributed by atoms with E-state index in [0.29, 0.717) is 6.61 Å². The zero-order valence-electron chi connectivity index (χ0n) is 15.5. The number of nitrogens with zero attached hydrogens (tertiary/aromatic N) is 2. The van der Waals surface area contributed by atoms with Gasteiger partial charge >= 0.3 is 0 Å². The minimum Gasteiger partial charge on any atom is -0.494 e. The van der Waals surface area contributed by atoms with E-state index in [1.165, 1.54) is 5.56 Å². The molecule has 1 heterocycles. The fourth-order valence-electron chi connectivity index (χ4n) is 2.96. The van der Waals surface area contributed by atoms with Gasteiger partial charge in [0, 0.05) is 44.8 Å². The first-order chi connectivity index (χ1) is 12.2.